The van der Waals surface area contributed by atoms with E-state index in [9.17, 15) is 0 Å². The maximum absolute atomic E-state index is 6.23. The van der Waals surface area contributed by atoms with Crippen LogP contribution in [0.15, 0.2) is 36.7 Å². The van der Waals surface area contributed by atoms with Crippen LogP contribution in [0.3, 0.4) is 0 Å². The van der Waals surface area contributed by atoms with Gasteiger partial charge in [0.1, 0.15) is 0 Å². The molecule has 1 aromatic heterocycles. The number of hydrogen-bond donors (Lipinski definition) is 1. The standard InChI is InChI=1S/C13H13ClN2/c1-9-4-5-16-8-12(9)11-3-2-10(7-15)6-13(11)14/h2-6,8H,7,15H2,1H3. The second-order valence-electron chi connectivity index (χ2n) is 3.71. The van der Waals surface area contributed by atoms with Crippen molar-refractivity contribution in [3.8, 4) is 11.1 Å². The van der Waals surface area contributed by atoms with Gasteiger partial charge in [-0.15, -0.1) is 0 Å². The molecule has 0 aliphatic carbocycles. The fourth-order valence-electron chi connectivity index (χ4n) is 1.65. The van der Waals surface area contributed by atoms with Gasteiger partial charge in [0.25, 0.3) is 0 Å². The minimum Gasteiger partial charge on any atom is -0.326 e. The van der Waals surface area contributed by atoms with Gasteiger partial charge in [0.15, 0.2) is 0 Å². The number of rotatable bonds is 2. The first-order valence-corrected chi connectivity index (χ1v) is 5.49. The van der Waals surface area contributed by atoms with E-state index in [0.717, 1.165) is 27.3 Å². The van der Waals surface area contributed by atoms with Crippen molar-refractivity contribution < 1.29 is 0 Å². The molecule has 0 aliphatic heterocycles. The molecule has 0 saturated carbocycles. The van der Waals surface area contributed by atoms with Gasteiger partial charge >= 0.3 is 0 Å². The van der Waals surface area contributed by atoms with Crippen molar-refractivity contribution in [3.63, 3.8) is 0 Å². The predicted molar refractivity (Wildman–Crippen MR) is 67.3 cm³/mol. The number of aromatic nitrogens is 1. The van der Waals surface area contributed by atoms with Gasteiger partial charge in [-0.3, -0.25) is 4.98 Å². The second-order valence-corrected chi connectivity index (χ2v) is 4.12. The van der Waals surface area contributed by atoms with Gasteiger partial charge in [-0.2, -0.15) is 0 Å². The maximum Gasteiger partial charge on any atom is 0.0488 e. The molecule has 2 aromatic rings. The summed E-state index contributed by atoms with van der Waals surface area (Å²) in [5.41, 5.74) is 9.84. The Labute approximate surface area is 100 Å². The Morgan fingerprint density at radius 2 is 2.06 bits per heavy atom. The summed E-state index contributed by atoms with van der Waals surface area (Å²) in [6.45, 7) is 2.55. The van der Waals surface area contributed by atoms with Crippen LogP contribution in [0.25, 0.3) is 11.1 Å². The van der Waals surface area contributed by atoms with E-state index in [4.69, 9.17) is 17.3 Å². The van der Waals surface area contributed by atoms with E-state index < -0.39 is 0 Å². The average Bonchev–Trinajstić information content (AvgIpc) is 2.30. The molecule has 2 N–H and O–H groups in total. The predicted octanol–water partition coefficient (Wildman–Crippen LogP) is 3.17. The lowest BCUT2D eigenvalue weighted by Gasteiger charge is -2.08. The third kappa shape index (κ3) is 2.08. The smallest absolute Gasteiger partial charge is 0.0488 e. The third-order valence-electron chi connectivity index (χ3n) is 2.60. The summed E-state index contributed by atoms with van der Waals surface area (Å²) >= 11 is 6.23. The van der Waals surface area contributed by atoms with E-state index in [1.165, 1.54) is 0 Å². The summed E-state index contributed by atoms with van der Waals surface area (Å²) in [4.78, 5) is 4.12. The Kier molecular flexibility index (Phi) is 3.22. The molecule has 0 bridgehead atoms. The van der Waals surface area contributed by atoms with Crippen molar-refractivity contribution in [1.82, 2.24) is 4.98 Å². The van der Waals surface area contributed by atoms with Gasteiger partial charge in [0, 0.05) is 35.1 Å². The quantitative estimate of drug-likeness (QED) is 0.864. The van der Waals surface area contributed by atoms with E-state index in [2.05, 4.69) is 4.98 Å². The second kappa shape index (κ2) is 4.64. The molecule has 3 heteroatoms. The van der Waals surface area contributed by atoms with Crippen LogP contribution in [-0.4, -0.2) is 4.98 Å². The first kappa shape index (κ1) is 11.1. The summed E-state index contributed by atoms with van der Waals surface area (Å²) in [5, 5.41) is 0.721. The van der Waals surface area contributed by atoms with Gasteiger partial charge in [-0.1, -0.05) is 23.7 Å². The molecular formula is C13H13ClN2. The van der Waals surface area contributed by atoms with Crippen LogP contribution in [-0.2, 0) is 6.54 Å². The third-order valence-corrected chi connectivity index (χ3v) is 2.91. The van der Waals surface area contributed by atoms with Crippen LogP contribution in [0.5, 0.6) is 0 Å². The zero-order valence-electron chi connectivity index (χ0n) is 9.07. The van der Waals surface area contributed by atoms with Crippen LogP contribution >= 0.6 is 11.6 Å². The Morgan fingerprint density at radius 1 is 1.25 bits per heavy atom. The van der Waals surface area contributed by atoms with Crippen LogP contribution < -0.4 is 5.73 Å². The van der Waals surface area contributed by atoms with Gasteiger partial charge in [-0.25, -0.2) is 0 Å². The first-order valence-electron chi connectivity index (χ1n) is 5.12. The Morgan fingerprint density at radius 3 is 2.69 bits per heavy atom. The highest BCUT2D eigenvalue weighted by Gasteiger charge is 2.06. The minimum atomic E-state index is 0.506. The molecule has 16 heavy (non-hydrogen) atoms. The minimum absolute atomic E-state index is 0.506. The Hall–Kier alpha value is -1.38. The van der Waals surface area contributed by atoms with Crippen molar-refractivity contribution in [2.75, 3.05) is 0 Å². The van der Waals surface area contributed by atoms with Gasteiger partial charge < -0.3 is 5.73 Å². The fraction of sp³-hybridized carbons (Fsp3) is 0.154. The molecule has 1 aromatic carbocycles. The number of halogens is 1. The monoisotopic (exact) mass is 232 g/mol. The van der Waals surface area contributed by atoms with Gasteiger partial charge in [-0.05, 0) is 30.2 Å². The normalized spacial score (nSPS) is 10.4. The molecule has 1 heterocycles. The summed E-state index contributed by atoms with van der Waals surface area (Å²) in [5.74, 6) is 0. The highest BCUT2D eigenvalue weighted by atomic mass is 35.5. The molecule has 2 nitrogen and oxygen atoms in total. The van der Waals surface area contributed by atoms with Crippen LogP contribution in [0.4, 0.5) is 0 Å². The molecule has 0 saturated heterocycles. The Bertz CT molecular complexity index is 509. The van der Waals surface area contributed by atoms with Crippen molar-refractivity contribution in [2.45, 2.75) is 13.5 Å². The molecule has 0 spiro atoms. The van der Waals surface area contributed by atoms with E-state index in [-0.39, 0.29) is 0 Å². The lowest BCUT2D eigenvalue weighted by atomic mass is 10.0. The Balaban J connectivity index is 2.53. The van der Waals surface area contributed by atoms with E-state index in [0.29, 0.717) is 6.54 Å². The maximum atomic E-state index is 6.23. The van der Waals surface area contributed by atoms with Crippen molar-refractivity contribution in [1.29, 1.82) is 0 Å². The summed E-state index contributed by atoms with van der Waals surface area (Å²) in [6.07, 6.45) is 3.61. The zero-order valence-corrected chi connectivity index (χ0v) is 9.83. The topological polar surface area (TPSA) is 38.9 Å². The zero-order chi connectivity index (χ0) is 11.5. The number of nitrogens with zero attached hydrogens (tertiary/aromatic N) is 1. The van der Waals surface area contributed by atoms with Crippen molar-refractivity contribution in [2.24, 2.45) is 5.73 Å². The fourth-order valence-corrected chi connectivity index (χ4v) is 1.95. The number of aryl methyl sites for hydroxylation is 1. The van der Waals surface area contributed by atoms with Crippen molar-refractivity contribution >= 4 is 11.6 Å². The average molecular weight is 233 g/mol. The highest BCUT2D eigenvalue weighted by molar-refractivity contribution is 6.33. The highest BCUT2D eigenvalue weighted by Crippen LogP contribution is 2.30. The first-order chi connectivity index (χ1) is 7.72. The van der Waals surface area contributed by atoms with E-state index in [1.807, 2.05) is 37.4 Å². The SMILES string of the molecule is Cc1ccncc1-c1ccc(CN)cc1Cl. The molecule has 0 fully saturated rings. The molecule has 0 unspecified atom stereocenters. The number of pyridine rings is 1. The lowest BCUT2D eigenvalue weighted by molar-refractivity contribution is 1.07. The summed E-state index contributed by atoms with van der Waals surface area (Å²) in [6, 6.07) is 7.87. The van der Waals surface area contributed by atoms with Gasteiger partial charge in [0.2, 0.25) is 0 Å². The summed E-state index contributed by atoms with van der Waals surface area (Å²) in [7, 11) is 0. The molecule has 0 atom stereocenters. The molecule has 0 amide bonds. The molecule has 0 aliphatic rings. The van der Waals surface area contributed by atoms with Gasteiger partial charge in [0.05, 0.1) is 0 Å². The van der Waals surface area contributed by atoms with E-state index >= 15 is 0 Å². The molecule has 2 rings (SSSR count). The van der Waals surface area contributed by atoms with Crippen LogP contribution in [0.1, 0.15) is 11.1 Å². The molecule has 0 radical (unpaired) electrons. The largest absolute Gasteiger partial charge is 0.326 e. The van der Waals surface area contributed by atoms with Crippen molar-refractivity contribution in [3.05, 3.63) is 52.8 Å². The number of benzene rings is 1. The molecule has 82 valence electrons. The number of nitrogens with two attached hydrogens (primary N) is 1. The lowest BCUT2D eigenvalue weighted by Crippen LogP contribution is -1.96. The van der Waals surface area contributed by atoms with Crippen LogP contribution in [0.2, 0.25) is 5.02 Å². The van der Waals surface area contributed by atoms with Crippen LogP contribution in [0, 0.1) is 6.92 Å². The molecular weight excluding hydrogens is 220 g/mol. The number of hydrogen-bond acceptors (Lipinski definition) is 2. The summed E-state index contributed by atoms with van der Waals surface area (Å²) < 4.78 is 0. The van der Waals surface area contributed by atoms with E-state index in [1.54, 1.807) is 6.20 Å².